The van der Waals surface area contributed by atoms with Crippen LogP contribution in [0.2, 0.25) is 0 Å². The third kappa shape index (κ3) is 6.67. The first-order chi connectivity index (χ1) is 16.6. The summed E-state index contributed by atoms with van der Waals surface area (Å²) in [6.45, 7) is 5.90. The summed E-state index contributed by atoms with van der Waals surface area (Å²) in [4.78, 5) is 38.4. The first-order valence-corrected chi connectivity index (χ1v) is 11.1. The first-order valence-electron chi connectivity index (χ1n) is 11.1. The van der Waals surface area contributed by atoms with E-state index in [1.54, 1.807) is 20.8 Å². The summed E-state index contributed by atoms with van der Waals surface area (Å²) in [7, 11) is 0. The van der Waals surface area contributed by atoms with Crippen molar-refractivity contribution in [3.05, 3.63) is 47.5 Å². The van der Waals surface area contributed by atoms with E-state index in [0.717, 1.165) is 6.07 Å². The number of piperidine rings is 1. The van der Waals surface area contributed by atoms with E-state index in [-0.39, 0.29) is 23.5 Å². The zero-order chi connectivity index (χ0) is 26.8. The van der Waals surface area contributed by atoms with Gasteiger partial charge in [0.2, 0.25) is 0 Å². The van der Waals surface area contributed by atoms with E-state index < -0.39 is 47.2 Å². The number of halogens is 4. The Balaban J connectivity index is 1.81. The van der Waals surface area contributed by atoms with E-state index in [1.165, 1.54) is 21.9 Å². The highest BCUT2D eigenvalue weighted by Crippen LogP contribution is 2.32. The number of hydrogen-bond donors (Lipinski definition) is 3. The van der Waals surface area contributed by atoms with Crippen molar-refractivity contribution in [2.24, 2.45) is 5.73 Å². The summed E-state index contributed by atoms with van der Waals surface area (Å²) < 4.78 is 59.3. The topological polar surface area (TPSA) is 119 Å². The molecule has 1 saturated heterocycles. The molecule has 196 valence electrons. The largest absolute Gasteiger partial charge is 0.444 e. The molecule has 36 heavy (non-hydrogen) atoms. The van der Waals surface area contributed by atoms with Gasteiger partial charge in [0.05, 0.1) is 16.8 Å². The molecule has 1 aliphatic rings. The number of hydrogen-bond acceptors (Lipinski definition) is 4. The van der Waals surface area contributed by atoms with Crippen LogP contribution in [0.15, 0.2) is 30.6 Å². The number of urea groups is 1. The summed E-state index contributed by atoms with van der Waals surface area (Å²) in [5.74, 6) is -2.12. The van der Waals surface area contributed by atoms with Gasteiger partial charge in [-0.3, -0.25) is 4.79 Å². The van der Waals surface area contributed by atoms with Crippen LogP contribution in [0.1, 0.15) is 49.5 Å². The van der Waals surface area contributed by atoms with Gasteiger partial charge in [0, 0.05) is 37.2 Å². The molecule has 13 heteroatoms. The number of carbonyl (C=O) groups is 3. The fourth-order valence-corrected chi connectivity index (χ4v) is 3.76. The van der Waals surface area contributed by atoms with Crippen molar-refractivity contribution in [3.8, 4) is 5.69 Å². The molecular formula is C23H27F4N5O4. The molecule has 1 atom stereocenters. The van der Waals surface area contributed by atoms with Crippen LogP contribution in [-0.2, 0) is 10.9 Å². The number of amides is 4. The zero-order valence-corrected chi connectivity index (χ0v) is 19.9. The summed E-state index contributed by atoms with van der Waals surface area (Å²) in [6.07, 6.45) is -1.72. The van der Waals surface area contributed by atoms with Crippen molar-refractivity contribution in [3.63, 3.8) is 0 Å². The summed E-state index contributed by atoms with van der Waals surface area (Å²) in [6, 6.07) is 0.875. The number of carbonyl (C=O) groups excluding carboxylic acids is 3. The number of alkyl halides is 3. The molecule has 1 fully saturated rings. The number of aromatic nitrogens is 1. The van der Waals surface area contributed by atoms with E-state index >= 15 is 0 Å². The molecule has 0 unspecified atom stereocenters. The van der Waals surface area contributed by atoms with Gasteiger partial charge in [-0.15, -0.1) is 0 Å². The maximum atomic E-state index is 14.1. The Morgan fingerprint density at radius 2 is 1.83 bits per heavy atom. The summed E-state index contributed by atoms with van der Waals surface area (Å²) >= 11 is 0. The Morgan fingerprint density at radius 1 is 1.14 bits per heavy atom. The number of anilines is 1. The number of rotatable bonds is 4. The predicted molar refractivity (Wildman–Crippen MR) is 122 cm³/mol. The fraction of sp³-hybridized carbons (Fsp3) is 0.435. The quantitative estimate of drug-likeness (QED) is 0.530. The number of nitrogens with two attached hydrogens (primary N) is 1. The number of primary amides is 1. The van der Waals surface area contributed by atoms with E-state index in [4.69, 9.17) is 10.5 Å². The lowest BCUT2D eigenvalue weighted by Gasteiger charge is -2.34. The van der Waals surface area contributed by atoms with Gasteiger partial charge >= 0.3 is 18.3 Å². The maximum absolute atomic E-state index is 14.1. The smallest absolute Gasteiger partial charge is 0.419 e. The lowest BCUT2D eigenvalue weighted by molar-refractivity contribution is -0.140. The van der Waals surface area contributed by atoms with Gasteiger partial charge in [-0.1, -0.05) is 0 Å². The molecule has 1 aliphatic heterocycles. The molecule has 4 amide bonds. The molecule has 3 rings (SSSR count). The molecule has 2 aromatic rings. The number of likely N-dealkylation sites (tertiary alicyclic amines) is 1. The van der Waals surface area contributed by atoms with Crippen LogP contribution in [0.3, 0.4) is 0 Å². The summed E-state index contributed by atoms with van der Waals surface area (Å²) in [5, 5.41) is 5.07. The number of nitrogens with zero attached hydrogens (tertiary/aromatic N) is 2. The monoisotopic (exact) mass is 513 g/mol. The normalized spacial score (nSPS) is 16.4. The van der Waals surface area contributed by atoms with Gasteiger partial charge in [-0.2, -0.15) is 13.2 Å². The van der Waals surface area contributed by atoms with Crippen molar-refractivity contribution in [1.82, 2.24) is 14.8 Å². The van der Waals surface area contributed by atoms with Gasteiger partial charge in [0.15, 0.2) is 0 Å². The number of benzene rings is 1. The molecule has 1 aromatic carbocycles. The van der Waals surface area contributed by atoms with Crippen molar-refractivity contribution in [2.45, 2.75) is 51.4 Å². The first kappa shape index (κ1) is 26.8. The average molecular weight is 513 g/mol. The predicted octanol–water partition coefficient (Wildman–Crippen LogP) is 4.26. The van der Waals surface area contributed by atoms with Crippen LogP contribution in [-0.4, -0.2) is 52.2 Å². The third-order valence-corrected chi connectivity index (χ3v) is 5.29. The second-order valence-electron chi connectivity index (χ2n) is 9.38. The third-order valence-electron chi connectivity index (χ3n) is 5.29. The van der Waals surface area contributed by atoms with Crippen LogP contribution in [0.25, 0.3) is 5.69 Å². The van der Waals surface area contributed by atoms with Crippen LogP contribution in [0.4, 0.5) is 32.8 Å². The Morgan fingerprint density at radius 3 is 2.42 bits per heavy atom. The Hall–Kier alpha value is -3.77. The molecule has 0 aliphatic carbocycles. The SMILES string of the molecule is CC(C)(C)OC(=O)N1CCC[C@H](NC(=O)c2cn(-c3ccc(C(F)(F)F)c(F)c3)cc2NC(N)=O)C1. The molecule has 0 saturated carbocycles. The van der Waals surface area contributed by atoms with Crippen LogP contribution in [0.5, 0.6) is 0 Å². The van der Waals surface area contributed by atoms with Gasteiger partial charge in [-0.05, 0) is 51.8 Å². The average Bonchev–Trinajstić information content (AvgIpc) is 3.15. The van der Waals surface area contributed by atoms with Crippen LogP contribution >= 0.6 is 0 Å². The van der Waals surface area contributed by atoms with Crippen LogP contribution in [0, 0.1) is 5.82 Å². The molecule has 9 nitrogen and oxygen atoms in total. The van der Waals surface area contributed by atoms with Crippen molar-refractivity contribution in [1.29, 1.82) is 0 Å². The minimum atomic E-state index is -4.86. The second-order valence-corrected chi connectivity index (χ2v) is 9.38. The van der Waals surface area contributed by atoms with Crippen molar-refractivity contribution >= 4 is 23.7 Å². The number of nitrogens with one attached hydrogen (secondary N) is 2. The van der Waals surface area contributed by atoms with E-state index in [1.807, 2.05) is 0 Å². The lowest BCUT2D eigenvalue weighted by atomic mass is 10.1. The van der Waals surface area contributed by atoms with Crippen molar-refractivity contribution < 1.29 is 36.7 Å². The summed E-state index contributed by atoms with van der Waals surface area (Å²) in [5.41, 5.74) is 2.98. The molecule has 2 heterocycles. The Labute approximate surface area is 204 Å². The highest BCUT2D eigenvalue weighted by Gasteiger charge is 2.34. The van der Waals surface area contributed by atoms with E-state index in [0.29, 0.717) is 31.5 Å². The highest BCUT2D eigenvalue weighted by molar-refractivity contribution is 6.03. The van der Waals surface area contributed by atoms with E-state index in [2.05, 4.69) is 10.6 Å². The number of ether oxygens (including phenoxy) is 1. The standard InChI is InChI=1S/C23H27F4N5O4/c1-22(2,3)36-21(35)31-8-4-5-13(10-31)29-19(33)15-11-32(12-18(15)30-20(28)34)14-6-7-16(17(24)9-14)23(25,26)27/h6-7,9,11-13H,4-5,8,10H2,1-3H3,(H,29,33)(H3,28,30,34)/t13-/m0/s1. The maximum Gasteiger partial charge on any atom is 0.419 e. The lowest BCUT2D eigenvalue weighted by Crippen LogP contribution is -2.50. The highest BCUT2D eigenvalue weighted by atomic mass is 19.4. The molecular weight excluding hydrogens is 486 g/mol. The second kappa shape index (κ2) is 10.1. The van der Waals surface area contributed by atoms with Gasteiger partial charge in [0.25, 0.3) is 5.91 Å². The molecule has 0 spiro atoms. The molecule has 0 bridgehead atoms. The van der Waals surface area contributed by atoms with E-state index in [9.17, 15) is 31.9 Å². The fourth-order valence-electron chi connectivity index (χ4n) is 3.76. The Bertz CT molecular complexity index is 1160. The van der Waals surface area contributed by atoms with Crippen LogP contribution < -0.4 is 16.4 Å². The molecule has 0 radical (unpaired) electrons. The van der Waals surface area contributed by atoms with Gasteiger partial charge in [-0.25, -0.2) is 14.0 Å². The Kier molecular flexibility index (Phi) is 7.51. The zero-order valence-electron chi connectivity index (χ0n) is 19.9. The van der Waals surface area contributed by atoms with Gasteiger partial charge < -0.3 is 30.6 Å². The minimum Gasteiger partial charge on any atom is -0.444 e. The minimum absolute atomic E-state index is 0.0131. The molecule has 1 aromatic heterocycles. The van der Waals surface area contributed by atoms with Crippen molar-refractivity contribution in [2.75, 3.05) is 18.4 Å². The molecule has 4 N–H and O–H groups in total. The van der Waals surface area contributed by atoms with Gasteiger partial charge in [0.1, 0.15) is 11.4 Å².